The number of anilines is 3. The predicted molar refractivity (Wildman–Crippen MR) is 305 cm³/mol. The molecule has 0 amide bonds. The van der Waals surface area contributed by atoms with Crippen molar-refractivity contribution in [1.82, 2.24) is 4.57 Å². The molecule has 1 aromatic heterocycles. The zero-order chi connectivity index (χ0) is 49.1. The molecular formula is C68H66N2. The molecule has 11 aromatic rings. The van der Waals surface area contributed by atoms with Gasteiger partial charge in [0.1, 0.15) is 0 Å². The molecule has 0 bridgehead atoms. The molecule has 0 radical (unpaired) electrons. The molecule has 2 heteroatoms. The summed E-state index contributed by atoms with van der Waals surface area (Å²) < 4.78 is 2.53. The Labute approximate surface area is 415 Å². The largest absolute Gasteiger partial charge is 0.309 e. The second-order valence-electron chi connectivity index (χ2n) is 24.0. The Hall–Kier alpha value is -7.16. The van der Waals surface area contributed by atoms with Gasteiger partial charge in [-0.1, -0.05) is 198 Å². The lowest BCUT2D eigenvalue weighted by Gasteiger charge is -2.31. The van der Waals surface area contributed by atoms with Crippen molar-refractivity contribution in [2.75, 3.05) is 4.90 Å². The van der Waals surface area contributed by atoms with Crippen molar-refractivity contribution in [1.29, 1.82) is 0 Å². The highest BCUT2D eigenvalue weighted by Gasteiger charge is 2.27. The first-order chi connectivity index (χ1) is 33.2. The van der Waals surface area contributed by atoms with E-state index >= 15 is 0 Å². The van der Waals surface area contributed by atoms with Gasteiger partial charge >= 0.3 is 0 Å². The lowest BCUT2D eigenvalue weighted by atomic mass is 9.81. The van der Waals surface area contributed by atoms with Gasteiger partial charge in [-0.3, -0.25) is 0 Å². The summed E-state index contributed by atoms with van der Waals surface area (Å²) >= 11 is 0. The zero-order valence-electron chi connectivity index (χ0n) is 43.2. The maximum Gasteiger partial charge on any atom is 0.0541 e. The first-order valence-corrected chi connectivity index (χ1v) is 25.3. The van der Waals surface area contributed by atoms with Gasteiger partial charge in [0.05, 0.1) is 28.1 Å². The van der Waals surface area contributed by atoms with E-state index < -0.39 is 0 Å². The zero-order valence-corrected chi connectivity index (χ0v) is 43.2. The molecule has 0 unspecified atom stereocenters. The van der Waals surface area contributed by atoms with Gasteiger partial charge in [-0.2, -0.15) is 0 Å². The fraction of sp³-hybridized carbons (Fsp3) is 0.235. The molecule has 70 heavy (non-hydrogen) atoms. The Balaban J connectivity index is 1.18. The standard InChI is InChI=1S/C68H66N2/c1-65(2,3)48-27-34-60(55(40-48)47-37-46(43-19-15-13-16-20-43)38-51(39-47)68(10,11)12)69(52-21-17-14-18-22-52)58-32-25-44-24-31-54-59(33-26-45-23-30-53(58)63(44)64(45)54)70-61-35-28-49(66(4,5)6)41-56(61)57-42-50(67(7,8)9)29-36-62(57)70/h13-42H,1-12H3. The molecule has 0 aliphatic rings. The highest BCUT2D eigenvalue weighted by molar-refractivity contribution is 6.27. The number of fused-ring (bicyclic) bond motifs is 3. The van der Waals surface area contributed by atoms with Crippen LogP contribution in [0.25, 0.3) is 82.1 Å². The summed E-state index contributed by atoms with van der Waals surface area (Å²) in [6.45, 7) is 27.8. The van der Waals surface area contributed by atoms with Crippen LogP contribution in [0.15, 0.2) is 182 Å². The van der Waals surface area contributed by atoms with Crippen LogP contribution in [0.5, 0.6) is 0 Å². The Morgan fingerprint density at radius 3 is 1.39 bits per heavy atom. The summed E-state index contributed by atoms with van der Waals surface area (Å²) in [7, 11) is 0. The van der Waals surface area contributed by atoms with E-state index in [-0.39, 0.29) is 21.7 Å². The second-order valence-corrected chi connectivity index (χ2v) is 24.0. The third-order valence-electron chi connectivity index (χ3n) is 14.9. The van der Waals surface area contributed by atoms with E-state index in [1.165, 1.54) is 104 Å². The Kier molecular flexibility index (Phi) is 10.5. The van der Waals surface area contributed by atoms with Crippen LogP contribution in [0.1, 0.15) is 105 Å². The molecule has 11 rings (SSSR count). The van der Waals surface area contributed by atoms with E-state index in [1.807, 2.05) is 0 Å². The van der Waals surface area contributed by atoms with E-state index in [4.69, 9.17) is 0 Å². The van der Waals surface area contributed by atoms with Crippen LogP contribution in [-0.2, 0) is 21.7 Å². The average Bonchev–Trinajstić information content (AvgIpc) is 3.66. The molecule has 0 spiro atoms. The monoisotopic (exact) mass is 911 g/mol. The fourth-order valence-electron chi connectivity index (χ4n) is 10.8. The molecule has 0 fully saturated rings. The van der Waals surface area contributed by atoms with E-state index in [2.05, 4.69) is 275 Å². The van der Waals surface area contributed by atoms with Crippen molar-refractivity contribution in [2.24, 2.45) is 0 Å². The molecule has 0 aliphatic carbocycles. The number of nitrogens with zero attached hydrogens (tertiary/aromatic N) is 2. The molecular weight excluding hydrogens is 845 g/mol. The summed E-state index contributed by atoms with van der Waals surface area (Å²) in [4.78, 5) is 2.52. The number of para-hydroxylation sites is 1. The van der Waals surface area contributed by atoms with Crippen LogP contribution < -0.4 is 4.90 Å². The molecule has 0 saturated heterocycles. The lowest BCUT2D eigenvalue weighted by molar-refractivity contribution is 0.589. The summed E-state index contributed by atoms with van der Waals surface area (Å²) in [5.74, 6) is 0. The average molecular weight is 911 g/mol. The van der Waals surface area contributed by atoms with Gasteiger partial charge in [-0.25, -0.2) is 0 Å². The quantitative estimate of drug-likeness (QED) is 0.151. The van der Waals surface area contributed by atoms with Gasteiger partial charge in [0.15, 0.2) is 0 Å². The molecule has 0 aliphatic heterocycles. The van der Waals surface area contributed by atoms with Gasteiger partial charge in [-0.15, -0.1) is 0 Å². The third kappa shape index (κ3) is 7.73. The van der Waals surface area contributed by atoms with Crippen molar-refractivity contribution in [3.8, 4) is 27.9 Å². The van der Waals surface area contributed by atoms with Gasteiger partial charge in [-0.05, 0) is 149 Å². The maximum absolute atomic E-state index is 2.53. The molecule has 1 heterocycles. The van der Waals surface area contributed by atoms with Crippen LogP contribution in [0.3, 0.4) is 0 Å². The number of aromatic nitrogens is 1. The van der Waals surface area contributed by atoms with Crippen molar-refractivity contribution in [2.45, 2.75) is 105 Å². The first-order valence-electron chi connectivity index (χ1n) is 25.3. The van der Waals surface area contributed by atoms with Crippen molar-refractivity contribution in [3.05, 3.63) is 204 Å². The second kappa shape index (κ2) is 16.2. The van der Waals surface area contributed by atoms with Crippen LogP contribution in [0.4, 0.5) is 17.1 Å². The molecule has 0 atom stereocenters. The van der Waals surface area contributed by atoms with E-state index in [9.17, 15) is 0 Å². The molecule has 0 saturated carbocycles. The molecule has 2 nitrogen and oxygen atoms in total. The van der Waals surface area contributed by atoms with Crippen molar-refractivity contribution < 1.29 is 0 Å². The van der Waals surface area contributed by atoms with Gasteiger partial charge in [0.25, 0.3) is 0 Å². The third-order valence-corrected chi connectivity index (χ3v) is 14.9. The SMILES string of the molecule is CC(C)(C)c1cc(-c2ccccc2)cc(-c2cc(C(C)(C)C)ccc2N(c2ccccc2)c2ccc3ccc4c(-n5c6ccc(C(C)(C)C)cc6c6cc(C(C)(C)C)ccc65)ccc5ccc2c3c54)c1. The van der Waals surface area contributed by atoms with Crippen molar-refractivity contribution in [3.63, 3.8) is 0 Å². The first kappa shape index (κ1) is 45.3. The van der Waals surface area contributed by atoms with Crippen LogP contribution in [-0.4, -0.2) is 4.57 Å². The normalized spacial score (nSPS) is 12.9. The predicted octanol–water partition coefficient (Wildman–Crippen LogP) is 19.7. The summed E-state index contributed by atoms with van der Waals surface area (Å²) in [6, 6.07) is 69.4. The van der Waals surface area contributed by atoms with Crippen molar-refractivity contribution >= 4 is 71.2 Å². The van der Waals surface area contributed by atoms with Crippen LogP contribution in [0.2, 0.25) is 0 Å². The highest BCUT2D eigenvalue weighted by Crippen LogP contribution is 2.49. The Morgan fingerprint density at radius 2 is 0.800 bits per heavy atom. The maximum atomic E-state index is 2.53. The van der Waals surface area contributed by atoms with Crippen LogP contribution >= 0.6 is 0 Å². The van der Waals surface area contributed by atoms with E-state index in [0.717, 1.165) is 17.1 Å². The number of hydrogen-bond acceptors (Lipinski definition) is 1. The highest BCUT2D eigenvalue weighted by atomic mass is 15.1. The minimum atomic E-state index is -0.0602. The van der Waals surface area contributed by atoms with Gasteiger partial charge in [0.2, 0.25) is 0 Å². The van der Waals surface area contributed by atoms with Gasteiger partial charge in [0, 0.05) is 32.8 Å². The summed E-state index contributed by atoms with van der Waals surface area (Å²) in [6.07, 6.45) is 0. The number of hydrogen-bond donors (Lipinski definition) is 0. The molecule has 348 valence electrons. The Bertz CT molecular complexity index is 3710. The van der Waals surface area contributed by atoms with Crippen LogP contribution in [0, 0.1) is 0 Å². The molecule has 0 N–H and O–H groups in total. The minimum absolute atomic E-state index is 0.0273. The summed E-state index contributed by atoms with van der Waals surface area (Å²) in [5, 5.41) is 10.1. The fourth-order valence-corrected chi connectivity index (χ4v) is 10.8. The van der Waals surface area contributed by atoms with Gasteiger partial charge < -0.3 is 9.47 Å². The summed E-state index contributed by atoms with van der Waals surface area (Å²) in [5.41, 5.74) is 17.2. The van der Waals surface area contributed by atoms with E-state index in [0.29, 0.717) is 0 Å². The minimum Gasteiger partial charge on any atom is -0.309 e. The topological polar surface area (TPSA) is 8.17 Å². The lowest BCUT2D eigenvalue weighted by Crippen LogP contribution is -2.15. The number of rotatable bonds is 6. The Morgan fingerprint density at radius 1 is 0.329 bits per heavy atom. The number of benzene rings is 10. The molecule has 10 aromatic carbocycles. The van der Waals surface area contributed by atoms with E-state index in [1.54, 1.807) is 0 Å². The smallest absolute Gasteiger partial charge is 0.0541 e.